The van der Waals surface area contributed by atoms with E-state index in [2.05, 4.69) is 20.7 Å². The van der Waals surface area contributed by atoms with E-state index in [4.69, 9.17) is 0 Å². The van der Waals surface area contributed by atoms with Crippen molar-refractivity contribution in [1.29, 1.82) is 0 Å². The van der Waals surface area contributed by atoms with Crippen molar-refractivity contribution in [2.75, 3.05) is 5.33 Å². The van der Waals surface area contributed by atoms with Crippen molar-refractivity contribution < 1.29 is 12.8 Å². The van der Waals surface area contributed by atoms with Crippen LogP contribution in [0, 0.1) is 11.7 Å². The Morgan fingerprint density at radius 2 is 2.06 bits per heavy atom. The van der Waals surface area contributed by atoms with E-state index in [1.165, 1.54) is 18.2 Å². The summed E-state index contributed by atoms with van der Waals surface area (Å²) < 4.78 is 40.3. The molecule has 0 heterocycles. The highest BCUT2D eigenvalue weighted by Crippen LogP contribution is 2.28. The quantitative estimate of drug-likeness (QED) is 0.860. The van der Waals surface area contributed by atoms with Gasteiger partial charge in [-0.05, 0) is 30.9 Å². The molecule has 0 aromatic heterocycles. The van der Waals surface area contributed by atoms with Gasteiger partial charge in [0.25, 0.3) is 0 Å². The third-order valence-corrected chi connectivity index (χ3v) is 5.64. The van der Waals surface area contributed by atoms with Crippen molar-refractivity contribution in [3.05, 3.63) is 30.1 Å². The number of rotatable bonds is 4. The van der Waals surface area contributed by atoms with Gasteiger partial charge in [-0.1, -0.05) is 34.5 Å². The van der Waals surface area contributed by atoms with Gasteiger partial charge in [0.2, 0.25) is 10.0 Å². The van der Waals surface area contributed by atoms with Gasteiger partial charge >= 0.3 is 0 Å². The van der Waals surface area contributed by atoms with Crippen LogP contribution in [0.25, 0.3) is 0 Å². The first-order valence-electron chi connectivity index (χ1n) is 5.87. The smallest absolute Gasteiger partial charge is 0.208 e. The van der Waals surface area contributed by atoms with Gasteiger partial charge in [-0.25, -0.2) is 17.5 Å². The predicted octanol–water partition coefficient (Wildman–Crippen LogP) is 2.67. The second-order valence-electron chi connectivity index (χ2n) is 4.50. The normalized spacial score (nSPS) is 24.3. The Bertz CT molecular complexity index is 521. The summed E-state index contributed by atoms with van der Waals surface area (Å²) in [5, 5.41) is 0.761. The van der Waals surface area contributed by atoms with E-state index in [9.17, 15) is 12.8 Å². The average Bonchev–Trinajstić information content (AvgIpc) is 2.76. The Kier molecular flexibility index (Phi) is 4.40. The molecule has 1 fully saturated rings. The molecule has 1 aromatic rings. The van der Waals surface area contributed by atoms with E-state index in [1.807, 2.05) is 0 Å². The van der Waals surface area contributed by atoms with Crippen LogP contribution in [0.3, 0.4) is 0 Å². The van der Waals surface area contributed by atoms with Crippen molar-refractivity contribution in [2.45, 2.75) is 30.2 Å². The molecule has 2 atom stereocenters. The minimum Gasteiger partial charge on any atom is -0.208 e. The molecule has 0 radical (unpaired) electrons. The lowest BCUT2D eigenvalue weighted by Gasteiger charge is -2.19. The molecule has 1 aliphatic carbocycles. The molecule has 2 unspecified atom stereocenters. The highest BCUT2D eigenvalue weighted by Gasteiger charge is 2.31. The van der Waals surface area contributed by atoms with E-state index >= 15 is 0 Å². The van der Waals surface area contributed by atoms with Gasteiger partial charge in [-0.2, -0.15) is 0 Å². The molecule has 0 saturated heterocycles. The Morgan fingerprint density at radius 1 is 1.33 bits per heavy atom. The highest BCUT2D eigenvalue weighted by molar-refractivity contribution is 9.09. The van der Waals surface area contributed by atoms with Gasteiger partial charge in [0.05, 0.1) is 0 Å². The lowest BCUT2D eigenvalue weighted by molar-refractivity contribution is 0.480. The summed E-state index contributed by atoms with van der Waals surface area (Å²) in [6.07, 6.45) is 2.81. The maximum Gasteiger partial charge on any atom is 0.243 e. The van der Waals surface area contributed by atoms with Gasteiger partial charge in [0.1, 0.15) is 10.7 Å². The number of hydrogen-bond donors (Lipinski definition) is 1. The maximum absolute atomic E-state index is 13.5. The van der Waals surface area contributed by atoms with E-state index in [0.717, 1.165) is 30.7 Å². The number of sulfonamides is 1. The Hall–Kier alpha value is -0.460. The van der Waals surface area contributed by atoms with Gasteiger partial charge in [0.15, 0.2) is 0 Å². The summed E-state index contributed by atoms with van der Waals surface area (Å²) in [5.41, 5.74) is 0. The molecule has 2 rings (SSSR count). The van der Waals surface area contributed by atoms with E-state index < -0.39 is 15.8 Å². The summed E-state index contributed by atoms with van der Waals surface area (Å²) in [4.78, 5) is -0.273. The Morgan fingerprint density at radius 3 is 2.72 bits per heavy atom. The summed E-state index contributed by atoms with van der Waals surface area (Å²) >= 11 is 3.39. The van der Waals surface area contributed by atoms with Crippen LogP contribution in [-0.4, -0.2) is 19.8 Å². The van der Waals surface area contributed by atoms with Gasteiger partial charge in [0, 0.05) is 11.4 Å². The number of nitrogens with one attached hydrogen (secondary N) is 1. The van der Waals surface area contributed by atoms with Gasteiger partial charge in [-0.15, -0.1) is 0 Å². The summed E-state index contributed by atoms with van der Waals surface area (Å²) in [6.45, 7) is 0. The molecular weight excluding hydrogens is 321 g/mol. The molecule has 0 amide bonds. The predicted molar refractivity (Wildman–Crippen MR) is 71.6 cm³/mol. The lowest BCUT2D eigenvalue weighted by atomic mass is 10.1. The first-order valence-corrected chi connectivity index (χ1v) is 8.48. The van der Waals surface area contributed by atoms with Crippen molar-refractivity contribution in [2.24, 2.45) is 5.92 Å². The third kappa shape index (κ3) is 2.92. The van der Waals surface area contributed by atoms with E-state index in [1.54, 1.807) is 0 Å². The summed E-state index contributed by atoms with van der Waals surface area (Å²) in [7, 11) is -3.76. The van der Waals surface area contributed by atoms with Crippen LogP contribution in [0.5, 0.6) is 0 Å². The van der Waals surface area contributed by atoms with E-state index in [0.29, 0.717) is 0 Å². The van der Waals surface area contributed by atoms with Crippen molar-refractivity contribution in [3.63, 3.8) is 0 Å². The molecule has 1 saturated carbocycles. The summed E-state index contributed by atoms with van der Waals surface area (Å²) in [5.74, 6) is -0.426. The molecule has 0 bridgehead atoms. The van der Waals surface area contributed by atoms with Crippen LogP contribution in [0.1, 0.15) is 19.3 Å². The van der Waals surface area contributed by atoms with Crippen LogP contribution in [0.4, 0.5) is 4.39 Å². The molecule has 3 nitrogen and oxygen atoms in total. The molecular formula is C12H15BrFNO2S. The van der Waals surface area contributed by atoms with E-state index in [-0.39, 0.29) is 16.9 Å². The number of alkyl halides is 1. The first-order chi connectivity index (χ1) is 8.54. The van der Waals surface area contributed by atoms with Crippen molar-refractivity contribution in [1.82, 2.24) is 4.72 Å². The average molecular weight is 336 g/mol. The topological polar surface area (TPSA) is 46.2 Å². The minimum absolute atomic E-state index is 0.103. The maximum atomic E-state index is 13.5. The highest BCUT2D eigenvalue weighted by atomic mass is 79.9. The van der Waals surface area contributed by atoms with Crippen LogP contribution in [0.2, 0.25) is 0 Å². The second-order valence-corrected chi connectivity index (χ2v) is 6.83. The van der Waals surface area contributed by atoms with Crippen LogP contribution < -0.4 is 4.72 Å². The minimum atomic E-state index is -3.76. The zero-order chi connectivity index (χ0) is 13.2. The monoisotopic (exact) mass is 335 g/mol. The fraction of sp³-hybridized carbons (Fsp3) is 0.500. The molecule has 6 heteroatoms. The largest absolute Gasteiger partial charge is 0.243 e. The number of hydrogen-bond acceptors (Lipinski definition) is 2. The molecule has 18 heavy (non-hydrogen) atoms. The van der Waals surface area contributed by atoms with Crippen molar-refractivity contribution in [3.8, 4) is 0 Å². The SMILES string of the molecule is O=S(=O)(NC1CCCC1CBr)c1ccccc1F. The molecule has 1 aliphatic rings. The number of halogens is 2. The van der Waals surface area contributed by atoms with Crippen molar-refractivity contribution >= 4 is 26.0 Å². The Labute approximate surface area is 115 Å². The van der Waals surface area contributed by atoms with Crippen LogP contribution in [-0.2, 0) is 10.0 Å². The Balaban J connectivity index is 2.20. The molecule has 0 aliphatic heterocycles. The fourth-order valence-corrected chi connectivity index (χ4v) is 4.50. The zero-order valence-corrected chi connectivity index (χ0v) is 12.2. The molecule has 100 valence electrons. The van der Waals surface area contributed by atoms with Crippen LogP contribution >= 0.6 is 15.9 Å². The molecule has 1 N–H and O–H groups in total. The summed E-state index contributed by atoms with van der Waals surface area (Å²) in [6, 6.07) is 5.34. The van der Waals surface area contributed by atoms with Crippen LogP contribution in [0.15, 0.2) is 29.2 Å². The molecule has 1 aromatic carbocycles. The fourth-order valence-electron chi connectivity index (χ4n) is 2.30. The first kappa shape index (κ1) is 14.0. The standard InChI is InChI=1S/C12H15BrFNO2S/c13-8-9-4-3-6-11(9)15-18(16,17)12-7-2-1-5-10(12)14/h1-2,5,7,9,11,15H,3-4,6,8H2. The van der Waals surface area contributed by atoms with Gasteiger partial charge < -0.3 is 0 Å². The van der Waals surface area contributed by atoms with Gasteiger partial charge in [-0.3, -0.25) is 0 Å². The lowest BCUT2D eigenvalue weighted by Crippen LogP contribution is -2.38. The second kappa shape index (κ2) is 5.67. The number of benzene rings is 1. The third-order valence-electron chi connectivity index (χ3n) is 3.29. The zero-order valence-electron chi connectivity index (χ0n) is 9.77. The molecule has 0 spiro atoms.